The third kappa shape index (κ3) is 3.28. The Hall–Kier alpha value is -1.94. The zero-order chi connectivity index (χ0) is 15.5. The molecule has 4 nitrogen and oxygen atoms in total. The first-order valence-electron chi connectivity index (χ1n) is 8.00. The van der Waals surface area contributed by atoms with Gasteiger partial charge < -0.3 is 10.4 Å². The molecule has 1 amide bonds. The fourth-order valence-corrected chi connectivity index (χ4v) is 2.74. The summed E-state index contributed by atoms with van der Waals surface area (Å²) in [5, 5.41) is 12.8. The van der Waals surface area contributed by atoms with Gasteiger partial charge in [-0.1, -0.05) is 18.2 Å². The van der Waals surface area contributed by atoms with Crippen molar-refractivity contribution in [2.24, 2.45) is 0 Å². The van der Waals surface area contributed by atoms with E-state index in [9.17, 15) is 4.79 Å². The van der Waals surface area contributed by atoms with E-state index in [4.69, 9.17) is 10.1 Å². The molecule has 22 heavy (non-hydrogen) atoms. The van der Waals surface area contributed by atoms with Gasteiger partial charge in [-0.25, -0.2) is 0 Å². The maximum Gasteiger partial charge on any atom is 0.252 e. The van der Waals surface area contributed by atoms with Crippen molar-refractivity contribution in [1.29, 1.82) is 0 Å². The molecule has 116 valence electrons. The highest BCUT2D eigenvalue weighted by Gasteiger charge is 2.27. The molecule has 0 bridgehead atoms. The predicted octanol–water partition coefficient (Wildman–Crippen LogP) is 3.00. The molecular weight excluding hydrogens is 276 g/mol. The zero-order valence-electron chi connectivity index (χ0n) is 12.9. The average molecular weight is 298 g/mol. The first-order valence-corrected chi connectivity index (χ1v) is 8.00. The van der Waals surface area contributed by atoms with E-state index < -0.39 is 0 Å². The molecule has 0 radical (unpaired) electrons. The van der Waals surface area contributed by atoms with Crippen molar-refractivity contribution in [3.05, 3.63) is 41.6 Å². The molecule has 2 N–H and O–H groups in total. The van der Waals surface area contributed by atoms with Crippen LogP contribution in [0.25, 0.3) is 10.9 Å². The van der Waals surface area contributed by atoms with Crippen LogP contribution in [-0.4, -0.2) is 28.6 Å². The smallest absolute Gasteiger partial charge is 0.252 e. The van der Waals surface area contributed by atoms with Gasteiger partial charge in [0.1, 0.15) is 0 Å². The van der Waals surface area contributed by atoms with Crippen molar-refractivity contribution < 1.29 is 9.90 Å². The quantitative estimate of drug-likeness (QED) is 0.861. The Morgan fingerprint density at radius 1 is 1.41 bits per heavy atom. The Labute approximate surface area is 130 Å². The van der Waals surface area contributed by atoms with E-state index in [0.717, 1.165) is 23.0 Å². The molecule has 1 saturated carbocycles. The van der Waals surface area contributed by atoms with Crippen LogP contribution in [0.4, 0.5) is 0 Å². The second kappa shape index (κ2) is 6.44. The number of aromatic nitrogens is 1. The van der Waals surface area contributed by atoms with Gasteiger partial charge >= 0.3 is 0 Å². The fourth-order valence-electron chi connectivity index (χ4n) is 2.74. The lowest BCUT2D eigenvalue weighted by Crippen LogP contribution is -2.33. The van der Waals surface area contributed by atoms with Crippen molar-refractivity contribution in [2.45, 2.75) is 44.6 Å². The van der Waals surface area contributed by atoms with E-state index in [-0.39, 0.29) is 18.6 Å². The van der Waals surface area contributed by atoms with Crippen molar-refractivity contribution in [3.63, 3.8) is 0 Å². The van der Waals surface area contributed by atoms with Crippen LogP contribution in [0.3, 0.4) is 0 Å². The highest BCUT2D eigenvalue weighted by molar-refractivity contribution is 6.06. The molecule has 0 saturated heterocycles. The Morgan fingerprint density at radius 2 is 2.18 bits per heavy atom. The number of pyridine rings is 1. The van der Waals surface area contributed by atoms with Gasteiger partial charge in [0.25, 0.3) is 5.91 Å². The molecule has 3 rings (SSSR count). The number of carbonyl (C=O) groups excluding carboxylic acids is 1. The van der Waals surface area contributed by atoms with Gasteiger partial charge in [0.05, 0.1) is 11.1 Å². The lowest BCUT2D eigenvalue weighted by Gasteiger charge is -2.15. The summed E-state index contributed by atoms with van der Waals surface area (Å²) in [6.45, 7) is 2.13. The van der Waals surface area contributed by atoms with E-state index in [0.29, 0.717) is 17.9 Å². The van der Waals surface area contributed by atoms with Gasteiger partial charge in [0.2, 0.25) is 0 Å². The van der Waals surface area contributed by atoms with Crippen molar-refractivity contribution >= 4 is 16.8 Å². The summed E-state index contributed by atoms with van der Waals surface area (Å²) in [4.78, 5) is 17.3. The molecule has 1 fully saturated rings. The minimum absolute atomic E-state index is 0.0501. The van der Waals surface area contributed by atoms with Gasteiger partial charge in [-0.3, -0.25) is 9.78 Å². The molecule has 1 aromatic heterocycles. The lowest BCUT2D eigenvalue weighted by molar-refractivity contribution is 0.0938. The number of aliphatic hydroxyl groups is 1. The number of aliphatic hydroxyl groups excluding tert-OH is 1. The largest absolute Gasteiger partial charge is 0.396 e. The van der Waals surface area contributed by atoms with Crippen molar-refractivity contribution in [3.8, 4) is 0 Å². The summed E-state index contributed by atoms with van der Waals surface area (Å²) in [5.41, 5.74) is 2.63. The first kappa shape index (κ1) is 15.0. The van der Waals surface area contributed by atoms with Gasteiger partial charge in [-0.05, 0) is 44.7 Å². The average Bonchev–Trinajstić information content (AvgIpc) is 3.36. The molecule has 1 heterocycles. The number of carbonyl (C=O) groups is 1. The molecule has 4 heteroatoms. The minimum Gasteiger partial charge on any atom is -0.396 e. The number of amides is 1. The summed E-state index contributed by atoms with van der Waals surface area (Å²) < 4.78 is 0. The van der Waals surface area contributed by atoms with Crippen LogP contribution in [0.1, 0.15) is 54.6 Å². The highest BCUT2D eigenvalue weighted by Crippen LogP contribution is 2.40. The van der Waals surface area contributed by atoms with Gasteiger partial charge in [-0.15, -0.1) is 0 Å². The maximum absolute atomic E-state index is 12.6. The summed E-state index contributed by atoms with van der Waals surface area (Å²) >= 11 is 0. The molecule has 0 spiro atoms. The molecule has 1 aromatic carbocycles. The monoisotopic (exact) mass is 298 g/mol. The summed E-state index contributed by atoms with van der Waals surface area (Å²) in [6, 6.07) is 9.81. The Morgan fingerprint density at radius 3 is 2.91 bits per heavy atom. The summed E-state index contributed by atoms with van der Waals surface area (Å²) in [5.74, 6) is 0.467. The van der Waals surface area contributed by atoms with E-state index in [1.165, 1.54) is 12.8 Å². The van der Waals surface area contributed by atoms with Crippen molar-refractivity contribution in [1.82, 2.24) is 10.3 Å². The predicted molar refractivity (Wildman–Crippen MR) is 87.0 cm³/mol. The van der Waals surface area contributed by atoms with Crippen LogP contribution < -0.4 is 5.32 Å². The van der Waals surface area contributed by atoms with E-state index in [2.05, 4.69) is 5.32 Å². The van der Waals surface area contributed by atoms with Crippen LogP contribution in [0.2, 0.25) is 0 Å². The van der Waals surface area contributed by atoms with Crippen LogP contribution >= 0.6 is 0 Å². The van der Waals surface area contributed by atoms with Gasteiger partial charge in [-0.2, -0.15) is 0 Å². The lowest BCUT2D eigenvalue weighted by atomic mass is 10.0. The Kier molecular flexibility index (Phi) is 4.39. The van der Waals surface area contributed by atoms with Gasteiger partial charge in [0, 0.05) is 29.6 Å². The number of hydrogen-bond acceptors (Lipinski definition) is 3. The zero-order valence-corrected chi connectivity index (χ0v) is 12.9. The van der Waals surface area contributed by atoms with E-state index in [1.54, 1.807) is 0 Å². The third-order valence-corrected chi connectivity index (χ3v) is 4.15. The number of para-hydroxylation sites is 1. The molecule has 1 unspecified atom stereocenters. The molecule has 1 aliphatic carbocycles. The Balaban J connectivity index is 1.89. The van der Waals surface area contributed by atoms with Crippen LogP contribution in [0.15, 0.2) is 30.3 Å². The number of fused-ring (bicyclic) bond motifs is 1. The fraction of sp³-hybridized carbons (Fsp3) is 0.444. The summed E-state index contributed by atoms with van der Waals surface area (Å²) in [6.07, 6.45) is 3.81. The van der Waals surface area contributed by atoms with Crippen LogP contribution in [0.5, 0.6) is 0 Å². The number of hydrogen-bond donors (Lipinski definition) is 2. The maximum atomic E-state index is 12.6. The minimum atomic E-state index is -0.0501. The normalized spacial score (nSPS) is 15.7. The van der Waals surface area contributed by atoms with Crippen LogP contribution in [-0.2, 0) is 0 Å². The van der Waals surface area contributed by atoms with Gasteiger partial charge in [0.15, 0.2) is 0 Å². The molecular formula is C18H22N2O2. The van der Waals surface area contributed by atoms with Crippen LogP contribution in [0, 0.1) is 0 Å². The SMILES string of the molecule is CC(CCCO)NC(=O)c1cc(C2CC2)nc2ccccc12. The Bertz CT molecular complexity index is 680. The molecule has 0 aliphatic heterocycles. The van der Waals surface area contributed by atoms with Crippen molar-refractivity contribution in [2.75, 3.05) is 6.61 Å². The molecule has 1 aliphatic rings. The number of nitrogens with zero attached hydrogens (tertiary/aromatic N) is 1. The third-order valence-electron chi connectivity index (χ3n) is 4.15. The van der Waals surface area contributed by atoms with E-state index in [1.807, 2.05) is 37.3 Å². The van der Waals surface area contributed by atoms with E-state index >= 15 is 0 Å². The number of nitrogens with one attached hydrogen (secondary N) is 1. The second-order valence-corrected chi connectivity index (χ2v) is 6.13. The second-order valence-electron chi connectivity index (χ2n) is 6.13. The standard InChI is InChI=1S/C18H22N2O2/c1-12(5-4-10-21)19-18(22)15-11-17(13-8-9-13)20-16-7-3-2-6-14(15)16/h2-3,6-7,11-13,21H,4-5,8-10H2,1H3,(H,19,22). The molecule has 2 aromatic rings. The first-order chi connectivity index (χ1) is 10.7. The highest BCUT2D eigenvalue weighted by atomic mass is 16.3. The topological polar surface area (TPSA) is 62.2 Å². The molecule has 1 atom stereocenters. The summed E-state index contributed by atoms with van der Waals surface area (Å²) in [7, 11) is 0. The number of rotatable bonds is 6. The number of benzene rings is 1.